The van der Waals surface area contributed by atoms with Crippen LogP contribution in [0.1, 0.15) is 17.2 Å². The van der Waals surface area contributed by atoms with Gasteiger partial charge in [0.1, 0.15) is 11.6 Å². The van der Waals surface area contributed by atoms with E-state index in [-0.39, 0.29) is 6.04 Å². The van der Waals surface area contributed by atoms with Crippen LogP contribution in [0.3, 0.4) is 0 Å². The van der Waals surface area contributed by atoms with Crippen LogP contribution < -0.4 is 11.3 Å². The van der Waals surface area contributed by atoms with Gasteiger partial charge in [0.2, 0.25) is 0 Å². The van der Waals surface area contributed by atoms with Crippen molar-refractivity contribution < 1.29 is 8.78 Å². The predicted molar refractivity (Wildman–Crippen MR) is 78.3 cm³/mol. The van der Waals surface area contributed by atoms with E-state index in [1.165, 1.54) is 17.7 Å². The summed E-state index contributed by atoms with van der Waals surface area (Å²) in [7, 11) is 0. The van der Waals surface area contributed by atoms with Crippen LogP contribution in [0.15, 0.2) is 47.4 Å². The van der Waals surface area contributed by atoms with Gasteiger partial charge in [0.05, 0.1) is 6.04 Å². The second-order valence-corrected chi connectivity index (χ2v) is 5.61. The molecule has 106 valence electrons. The summed E-state index contributed by atoms with van der Waals surface area (Å²) in [5, 5.41) is 0. The SMILES string of the molecule is Cc1cccc(SCC(NN)c2ccc(F)cc2F)c1. The third-order valence-electron chi connectivity index (χ3n) is 2.95. The third-order valence-corrected chi connectivity index (χ3v) is 4.03. The average molecular weight is 294 g/mol. The van der Waals surface area contributed by atoms with E-state index < -0.39 is 11.6 Å². The fourth-order valence-electron chi connectivity index (χ4n) is 1.90. The van der Waals surface area contributed by atoms with Crippen molar-refractivity contribution in [3.8, 4) is 0 Å². The number of nitrogens with two attached hydrogens (primary N) is 1. The van der Waals surface area contributed by atoms with Crippen LogP contribution in [-0.2, 0) is 0 Å². The first kappa shape index (κ1) is 15.0. The molecule has 0 fully saturated rings. The quantitative estimate of drug-likeness (QED) is 0.503. The first-order valence-corrected chi connectivity index (χ1v) is 7.19. The van der Waals surface area contributed by atoms with E-state index in [9.17, 15) is 8.78 Å². The summed E-state index contributed by atoms with van der Waals surface area (Å²) in [6.45, 7) is 2.02. The largest absolute Gasteiger partial charge is 0.271 e. The highest BCUT2D eigenvalue weighted by molar-refractivity contribution is 7.99. The van der Waals surface area contributed by atoms with Gasteiger partial charge < -0.3 is 0 Å². The summed E-state index contributed by atoms with van der Waals surface area (Å²) in [6, 6.07) is 11.2. The molecule has 20 heavy (non-hydrogen) atoms. The van der Waals surface area contributed by atoms with E-state index in [2.05, 4.69) is 11.5 Å². The molecule has 0 aliphatic heterocycles. The van der Waals surface area contributed by atoms with E-state index in [1.54, 1.807) is 11.8 Å². The molecule has 2 nitrogen and oxygen atoms in total. The van der Waals surface area contributed by atoms with Crippen LogP contribution in [-0.4, -0.2) is 5.75 Å². The van der Waals surface area contributed by atoms with Gasteiger partial charge in [-0.05, 0) is 25.1 Å². The zero-order valence-electron chi connectivity index (χ0n) is 11.1. The molecular weight excluding hydrogens is 278 g/mol. The lowest BCUT2D eigenvalue weighted by molar-refractivity contribution is 0.531. The fourth-order valence-corrected chi connectivity index (χ4v) is 2.98. The van der Waals surface area contributed by atoms with E-state index in [4.69, 9.17) is 5.84 Å². The van der Waals surface area contributed by atoms with E-state index >= 15 is 0 Å². The van der Waals surface area contributed by atoms with Crippen molar-refractivity contribution in [1.82, 2.24) is 5.43 Å². The molecule has 0 spiro atoms. The maximum absolute atomic E-state index is 13.7. The molecule has 5 heteroatoms. The minimum atomic E-state index is -0.589. The number of nitrogens with one attached hydrogen (secondary N) is 1. The molecule has 2 rings (SSSR count). The van der Waals surface area contributed by atoms with Crippen molar-refractivity contribution in [3.05, 3.63) is 65.2 Å². The summed E-state index contributed by atoms with van der Waals surface area (Å²) >= 11 is 1.57. The first-order chi connectivity index (χ1) is 9.60. The van der Waals surface area contributed by atoms with Gasteiger partial charge >= 0.3 is 0 Å². The summed E-state index contributed by atoms with van der Waals surface area (Å²) in [5.74, 6) is 4.87. The van der Waals surface area contributed by atoms with Gasteiger partial charge in [0.25, 0.3) is 0 Å². The lowest BCUT2D eigenvalue weighted by atomic mass is 10.1. The van der Waals surface area contributed by atoms with Crippen LogP contribution in [0.4, 0.5) is 8.78 Å². The van der Waals surface area contributed by atoms with Crippen molar-refractivity contribution >= 4 is 11.8 Å². The standard InChI is InChI=1S/C15H16F2N2S/c1-10-3-2-4-12(7-10)20-9-15(19-18)13-6-5-11(16)8-14(13)17/h2-8,15,19H,9,18H2,1H3. The van der Waals surface area contributed by atoms with Gasteiger partial charge in [-0.1, -0.05) is 23.8 Å². The van der Waals surface area contributed by atoms with Crippen molar-refractivity contribution in [1.29, 1.82) is 0 Å². The molecule has 0 amide bonds. The summed E-state index contributed by atoms with van der Waals surface area (Å²) in [4.78, 5) is 1.09. The molecule has 0 saturated heterocycles. The normalized spacial score (nSPS) is 12.4. The number of halogens is 2. The Kier molecular flexibility index (Phi) is 5.11. The number of hydrogen-bond donors (Lipinski definition) is 2. The molecule has 1 unspecified atom stereocenters. The second kappa shape index (κ2) is 6.83. The predicted octanol–water partition coefficient (Wildman–Crippen LogP) is 3.57. The monoisotopic (exact) mass is 294 g/mol. The Morgan fingerprint density at radius 1 is 1.20 bits per heavy atom. The molecule has 0 heterocycles. The van der Waals surface area contributed by atoms with Crippen molar-refractivity contribution in [2.24, 2.45) is 5.84 Å². The van der Waals surface area contributed by atoms with Crippen LogP contribution in [0.25, 0.3) is 0 Å². The number of thioether (sulfide) groups is 1. The molecule has 0 aliphatic carbocycles. The Bertz CT molecular complexity index is 590. The lowest BCUT2D eigenvalue weighted by Crippen LogP contribution is -2.30. The zero-order valence-corrected chi connectivity index (χ0v) is 11.9. The molecule has 2 aromatic rings. The van der Waals surface area contributed by atoms with Gasteiger partial charge in [-0.3, -0.25) is 11.3 Å². The molecule has 0 aliphatic rings. The Labute approximate surface area is 121 Å². The highest BCUT2D eigenvalue weighted by Gasteiger charge is 2.15. The Balaban J connectivity index is 2.09. The maximum Gasteiger partial charge on any atom is 0.130 e. The molecule has 0 saturated carbocycles. The third kappa shape index (κ3) is 3.79. The van der Waals surface area contributed by atoms with Crippen LogP contribution in [0, 0.1) is 18.6 Å². The topological polar surface area (TPSA) is 38.0 Å². The Morgan fingerprint density at radius 2 is 2.00 bits per heavy atom. The molecule has 0 bridgehead atoms. The van der Waals surface area contributed by atoms with Gasteiger partial charge in [0.15, 0.2) is 0 Å². The van der Waals surface area contributed by atoms with Gasteiger partial charge in [-0.25, -0.2) is 8.78 Å². The number of benzene rings is 2. The summed E-state index contributed by atoms with van der Waals surface area (Å²) < 4.78 is 26.6. The highest BCUT2D eigenvalue weighted by atomic mass is 32.2. The van der Waals surface area contributed by atoms with E-state index in [0.717, 1.165) is 11.0 Å². The molecule has 0 aromatic heterocycles. The van der Waals surface area contributed by atoms with Gasteiger partial charge in [0, 0.05) is 22.3 Å². The first-order valence-electron chi connectivity index (χ1n) is 6.20. The number of hydrazine groups is 1. The van der Waals surface area contributed by atoms with Crippen LogP contribution in [0.2, 0.25) is 0 Å². The molecular formula is C15H16F2N2S. The zero-order chi connectivity index (χ0) is 14.5. The Morgan fingerprint density at radius 3 is 2.65 bits per heavy atom. The smallest absolute Gasteiger partial charge is 0.130 e. The lowest BCUT2D eigenvalue weighted by Gasteiger charge is -2.16. The minimum absolute atomic E-state index is 0.369. The molecule has 1 atom stereocenters. The second-order valence-electron chi connectivity index (χ2n) is 4.51. The van der Waals surface area contributed by atoms with Crippen molar-refractivity contribution in [2.75, 3.05) is 5.75 Å². The number of rotatable bonds is 5. The summed E-state index contributed by atoms with van der Waals surface area (Å²) in [6.07, 6.45) is 0. The van der Waals surface area contributed by atoms with Crippen molar-refractivity contribution in [3.63, 3.8) is 0 Å². The number of aryl methyl sites for hydroxylation is 1. The maximum atomic E-state index is 13.7. The van der Waals surface area contributed by atoms with Crippen LogP contribution in [0.5, 0.6) is 0 Å². The van der Waals surface area contributed by atoms with Gasteiger partial charge in [-0.2, -0.15) is 0 Å². The average Bonchev–Trinajstić information content (AvgIpc) is 2.41. The highest BCUT2D eigenvalue weighted by Crippen LogP contribution is 2.26. The van der Waals surface area contributed by atoms with E-state index in [0.29, 0.717) is 11.3 Å². The molecule has 0 radical (unpaired) electrons. The van der Waals surface area contributed by atoms with Gasteiger partial charge in [-0.15, -0.1) is 11.8 Å². The molecule has 2 aromatic carbocycles. The Hall–Kier alpha value is -1.43. The molecule has 3 N–H and O–H groups in total. The minimum Gasteiger partial charge on any atom is -0.271 e. The van der Waals surface area contributed by atoms with Crippen molar-refractivity contribution in [2.45, 2.75) is 17.9 Å². The van der Waals surface area contributed by atoms with Crippen LogP contribution >= 0.6 is 11.8 Å². The number of hydrogen-bond acceptors (Lipinski definition) is 3. The fraction of sp³-hybridized carbons (Fsp3) is 0.200. The summed E-state index contributed by atoms with van der Waals surface area (Å²) in [5.41, 5.74) is 4.12. The van der Waals surface area contributed by atoms with E-state index in [1.807, 2.05) is 25.1 Å².